The molecule has 0 bridgehead atoms. The first-order valence-corrected chi connectivity index (χ1v) is 6.03. The average molecular weight is 286 g/mol. The van der Waals surface area contributed by atoms with Gasteiger partial charge in [-0.25, -0.2) is 0 Å². The number of amides is 1. The van der Waals surface area contributed by atoms with Crippen molar-refractivity contribution in [3.63, 3.8) is 0 Å². The minimum absolute atomic E-state index is 0.0420. The summed E-state index contributed by atoms with van der Waals surface area (Å²) in [6.07, 6.45) is 0.144. The molecular formula is C12H16BrNO2. The SMILES string of the molecule is CC(O)CC(C)NC(=O)c1ccccc1Br. The maximum Gasteiger partial charge on any atom is 0.252 e. The highest BCUT2D eigenvalue weighted by Crippen LogP contribution is 2.15. The van der Waals surface area contributed by atoms with Gasteiger partial charge in [-0.1, -0.05) is 12.1 Å². The van der Waals surface area contributed by atoms with Crippen LogP contribution in [0.15, 0.2) is 28.7 Å². The van der Waals surface area contributed by atoms with Crippen molar-refractivity contribution in [3.8, 4) is 0 Å². The molecule has 0 spiro atoms. The molecule has 0 radical (unpaired) electrons. The summed E-state index contributed by atoms with van der Waals surface area (Å²) in [6.45, 7) is 3.59. The van der Waals surface area contributed by atoms with E-state index in [-0.39, 0.29) is 11.9 Å². The lowest BCUT2D eigenvalue weighted by molar-refractivity contribution is 0.0922. The number of benzene rings is 1. The molecule has 0 aliphatic heterocycles. The molecule has 0 heterocycles. The molecule has 2 N–H and O–H groups in total. The van der Waals surface area contributed by atoms with Crippen molar-refractivity contribution in [2.24, 2.45) is 0 Å². The van der Waals surface area contributed by atoms with Gasteiger partial charge in [0.15, 0.2) is 0 Å². The van der Waals surface area contributed by atoms with E-state index in [1.807, 2.05) is 25.1 Å². The average Bonchev–Trinajstić information content (AvgIpc) is 2.16. The second kappa shape index (κ2) is 6.01. The van der Waals surface area contributed by atoms with Gasteiger partial charge in [-0.05, 0) is 48.3 Å². The molecule has 2 unspecified atom stereocenters. The van der Waals surface area contributed by atoms with Gasteiger partial charge in [-0.3, -0.25) is 4.79 Å². The summed E-state index contributed by atoms with van der Waals surface area (Å²) in [4.78, 5) is 11.8. The Morgan fingerprint density at radius 1 is 1.44 bits per heavy atom. The molecule has 16 heavy (non-hydrogen) atoms. The maximum absolute atomic E-state index is 11.8. The number of halogens is 1. The van der Waals surface area contributed by atoms with Crippen LogP contribution in [0.1, 0.15) is 30.6 Å². The Hall–Kier alpha value is -0.870. The lowest BCUT2D eigenvalue weighted by Gasteiger charge is -2.15. The predicted octanol–water partition coefficient (Wildman–Crippen LogP) is 2.34. The van der Waals surface area contributed by atoms with Crippen LogP contribution in [0.3, 0.4) is 0 Å². The van der Waals surface area contributed by atoms with Gasteiger partial charge in [0.2, 0.25) is 0 Å². The fourth-order valence-corrected chi connectivity index (χ4v) is 1.98. The molecule has 3 nitrogen and oxygen atoms in total. The fourth-order valence-electron chi connectivity index (χ4n) is 1.52. The third-order valence-corrected chi connectivity index (χ3v) is 2.88. The van der Waals surface area contributed by atoms with E-state index >= 15 is 0 Å². The van der Waals surface area contributed by atoms with Crippen LogP contribution < -0.4 is 5.32 Å². The highest BCUT2D eigenvalue weighted by atomic mass is 79.9. The first-order chi connectivity index (χ1) is 7.50. The monoisotopic (exact) mass is 285 g/mol. The Morgan fingerprint density at radius 3 is 2.62 bits per heavy atom. The number of nitrogens with one attached hydrogen (secondary N) is 1. The number of aliphatic hydroxyl groups excluding tert-OH is 1. The third-order valence-electron chi connectivity index (χ3n) is 2.19. The quantitative estimate of drug-likeness (QED) is 0.892. The molecule has 88 valence electrons. The zero-order chi connectivity index (χ0) is 12.1. The maximum atomic E-state index is 11.8. The Balaban J connectivity index is 2.63. The summed E-state index contributed by atoms with van der Waals surface area (Å²) in [7, 11) is 0. The van der Waals surface area contributed by atoms with Crippen LogP contribution >= 0.6 is 15.9 Å². The summed E-state index contributed by atoms with van der Waals surface area (Å²) >= 11 is 3.33. The first-order valence-electron chi connectivity index (χ1n) is 5.24. The van der Waals surface area contributed by atoms with Gasteiger partial charge in [0.1, 0.15) is 0 Å². The van der Waals surface area contributed by atoms with Crippen molar-refractivity contribution in [1.29, 1.82) is 0 Å². The zero-order valence-corrected chi connectivity index (χ0v) is 11.0. The van der Waals surface area contributed by atoms with E-state index in [1.165, 1.54) is 0 Å². The van der Waals surface area contributed by atoms with E-state index in [0.29, 0.717) is 12.0 Å². The number of carbonyl (C=O) groups excluding carboxylic acids is 1. The standard InChI is InChI=1S/C12H16BrNO2/c1-8(7-9(2)15)14-12(16)10-5-3-4-6-11(10)13/h3-6,8-9,15H,7H2,1-2H3,(H,14,16). The molecule has 0 saturated heterocycles. The third kappa shape index (κ3) is 3.94. The topological polar surface area (TPSA) is 49.3 Å². The largest absolute Gasteiger partial charge is 0.393 e. The summed E-state index contributed by atoms with van der Waals surface area (Å²) in [5, 5.41) is 12.0. The van der Waals surface area contributed by atoms with Crippen molar-refractivity contribution >= 4 is 21.8 Å². The van der Waals surface area contributed by atoms with E-state index in [4.69, 9.17) is 0 Å². The van der Waals surface area contributed by atoms with E-state index in [2.05, 4.69) is 21.2 Å². The molecule has 0 fully saturated rings. The molecule has 1 aromatic rings. The van der Waals surface area contributed by atoms with Gasteiger partial charge in [-0.2, -0.15) is 0 Å². The lowest BCUT2D eigenvalue weighted by Crippen LogP contribution is -2.34. The normalized spacial score (nSPS) is 14.2. The number of rotatable bonds is 4. The second-order valence-corrected chi connectivity index (χ2v) is 4.79. The molecular weight excluding hydrogens is 270 g/mol. The van der Waals surface area contributed by atoms with Crippen molar-refractivity contribution < 1.29 is 9.90 Å². The van der Waals surface area contributed by atoms with Gasteiger partial charge in [0, 0.05) is 10.5 Å². The summed E-state index contributed by atoms with van der Waals surface area (Å²) in [5.41, 5.74) is 0.611. The van der Waals surface area contributed by atoms with Crippen molar-refractivity contribution in [1.82, 2.24) is 5.32 Å². The molecule has 0 aromatic heterocycles. The molecule has 1 aromatic carbocycles. The van der Waals surface area contributed by atoms with Gasteiger partial charge >= 0.3 is 0 Å². The van der Waals surface area contributed by atoms with E-state index in [1.54, 1.807) is 13.0 Å². The van der Waals surface area contributed by atoms with E-state index < -0.39 is 6.10 Å². The van der Waals surface area contributed by atoms with Crippen molar-refractivity contribution in [3.05, 3.63) is 34.3 Å². The van der Waals surface area contributed by atoms with Gasteiger partial charge < -0.3 is 10.4 Å². The smallest absolute Gasteiger partial charge is 0.252 e. The molecule has 4 heteroatoms. The molecule has 2 atom stereocenters. The van der Waals surface area contributed by atoms with E-state index in [9.17, 15) is 9.90 Å². The minimum Gasteiger partial charge on any atom is -0.393 e. The van der Waals surface area contributed by atoms with Gasteiger partial charge in [-0.15, -0.1) is 0 Å². The Kier molecular flexibility index (Phi) is 4.96. The van der Waals surface area contributed by atoms with Crippen molar-refractivity contribution in [2.75, 3.05) is 0 Å². The highest BCUT2D eigenvalue weighted by Gasteiger charge is 2.13. The first kappa shape index (κ1) is 13.2. The summed E-state index contributed by atoms with van der Waals surface area (Å²) < 4.78 is 0.775. The molecule has 1 amide bonds. The van der Waals surface area contributed by atoms with Crippen LogP contribution in [0.25, 0.3) is 0 Å². The van der Waals surface area contributed by atoms with Crippen LogP contribution in [0.2, 0.25) is 0 Å². The van der Waals surface area contributed by atoms with Crippen LogP contribution in [-0.4, -0.2) is 23.2 Å². The van der Waals surface area contributed by atoms with Gasteiger partial charge in [0.05, 0.1) is 11.7 Å². The number of carbonyl (C=O) groups is 1. The molecule has 0 aliphatic carbocycles. The van der Waals surface area contributed by atoms with Crippen LogP contribution in [0.5, 0.6) is 0 Å². The second-order valence-electron chi connectivity index (χ2n) is 3.94. The molecule has 0 saturated carbocycles. The van der Waals surface area contributed by atoms with Crippen LogP contribution in [0.4, 0.5) is 0 Å². The predicted molar refractivity (Wildman–Crippen MR) is 67.4 cm³/mol. The fraction of sp³-hybridized carbons (Fsp3) is 0.417. The van der Waals surface area contributed by atoms with Crippen LogP contribution in [0, 0.1) is 0 Å². The summed E-state index contributed by atoms with van der Waals surface area (Å²) in [6, 6.07) is 7.22. The Morgan fingerprint density at radius 2 is 2.06 bits per heavy atom. The summed E-state index contributed by atoms with van der Waals surface area (Å²) in [5.74, 6) is -0.124. The zero-order valence-electron chi connectivity index (χ0n) is 9.40. The Bertz CT molecular complexity index is 366. The van der Waals surface area contributed by atoms with Crippen LogP contribution in [-0.2, 0) is 0 Å². The van der Waals surface area contributed by atoms with Crippen molar-refractivity contribution in [2.45, 2.75) is 32.4 Å². The molecule has 1 rings (SSSR count). The van der Waals surface area contributed by atoms with E-state index in [0.717, 1.165) is 4.47 Å². The number of hydrogen-bond donors (Lipinski definition) is 2. The minimum atomic E-state index is -0.408. The Labute approximate surface area is 104 Å². The van der Waals surface area contributed by atoms with Gasteiger partial charge in [0.25, 0.3) is 5.91 Å². The number of aliphatic hydroxyl groups is 1. The molecule has 0 aliphatic rings. The lowest BCUT2D eigenvalue weighted by atomic mass is 10.1. The number of hydrogen-bond acceptors (Lipinski definition) is 2. The highest BCUT2D eigenvalue weighted by molar-refractivity contribution is 9.10.